The van der Waals surface area contributed by atoms with Gasteiger partial charge >= 0.3 is 0 Å². The molecule has 0 amide bonds. The molecule has 0 aliphatic carbocycles. The largest absolute Gasteiger partial charge is 0.464 e. The molecule has 20 heavy (non-hydrogen) atoms. The number of furan rings is 1. The first-order valence-electron chi connectivity index (χ1n) is 6.66. The van der Waals surface area contributed by atoms with E-state index in [1.54, 1.807) is 0 Å². The van der Waals surface area contributed by atoms with Crippen LogP contribution in [-0.2, 0) is 6.42 Å². The Balaban J connectivity index is 1.96. The van der Waals surface area contributed by atoms with Gasteiger partial charge in [0.15, 0.2) is 0 Å². The van der Waals surface area contributed by atoms with Crippen molar-refractivity contribution in [2.24, 2.45) is 0 Å². The van der Waals surface area contributed by atoms with E-state index in [1.165, 1.54) is 16.5 Å². The smallest absolute Gasteiger partial charge is 0.134 e. The molecular weight excluding hydrogens is 314 g/mol. The van der Waals surface area contributed by atoms with Gasteiger partial charge in [-0.2, -0.15) is 0 Å². The number of para-hydroxylation sites is 1. The maximum Gasteiger partial charge on any atom is 0.134 e. The van der Waals surface area contributed by atoms with Crippen molar-refractivity contribution in [2.45, 2.75) is 12.5 Å². The van der Waals surface area contributed by atoms with Gasteiger partial charge in [-0.3, -0.25) is 0 Å². The lowest BCUT2D eigenvalue weighted by Crippen LogP contribution is -2.18. The number of rotatable bonds is 4. The van der Waals surface area contributed by atoms with E-state index in [4.69, 9.17) is 4.42 Å². The molecular formula is C17H16BrNO. The van der Waals surface area contributed by atoms with Gasteiger partial charge in [0.25, 0.3) is 0 Å². The predicted octanol–water partition coefficient (Wildman–Crippen LogP) is 4.70. The summed E-state index contributed by atoms with van der Waals surface area (Å²) < 4.78 is 6.79. The molecule has 3 aromatic rings. The van der Waals surface area contributed by atoms with Crippen LogP contribution in [0.2, 0.25) is 0 Å². The Morgan fingerprint density at radius 3 is 2.65 bits per heavy atom. The van der Waals surface area contributed by atoms with E-state index < -0.39 is 0 Å². The van der Waals surface area contributed by atoms with Gasteiger partial charge in [0, 0.05) is 21.5 Å². The van der Waals surface area contributed by atoms with Crippen LogP contribution in [0.4, 0.5) is 0 Å². The van der Waals surface area contributed by atoms with Crippen LogP contribution in [-0.4, -0.2) is 7.05 Å². The molecule has 1 N–H and O–H groups in total. The first-order chi connectivity index (χ1) is 9.79. The molecule has 0 saturated heterocycles. The highest BCUT2D eigenvalue weighted by molar-refractivity contribution is 9.10. The fourth-order valence-corrected chi connectivity index (χ4v) is 2.97. The van der Waals surface area contributed by atoms with Crippen LogP contribution in [0, 0.1) is 0 Å². The average molecular weight is 330 g/mol. The fraction of sp³-hybridized carbons (Fsp3) is 0.176. The third-order valence-electron chi connectivity index (χ3n) is 3.62. The third-order valence-corrected chi connectivity index (χ3v) is 4.39. The number of benzene rings is 2. The molecule has 0 spiro atoms. The first kappa shape index (κ1) is 13.4. The monoisotopic (exact) mass is 329 g/mol. The third kappa shape index (κ3) is 2.51. The topological polar surface area (TPSA) is 25.2 Å². The van der Waals surface area contributed by atoms with Gasteiger partial charge in [0.1, 0.15) is 5.58 Å². The highest BCUT2D eigenvalue weighted by atomic mass is 79.9. The highest BCUT2D eigenvalue weighted by Crippen LogP contribution is 2.30. The molecule has 3 heteroatoms. The van der Waals surface area contributed by atoms with Crippen LogP contribution in [0.5, 0.6) is 0 Å². The Bertz CT molecular complexity index is 720. The minimum atomic E-state index is 0.234. The number of hydrogen-bond donors (Lipinski definition) is 1. The molecule has 1 unspecified atom stereocenters. The van der Waals surface area contributed by atoms with E-state index in [2.05, 4.69) is 45.5 Å². The Labute approximate surface area is 126 Å². The molecule has 1 atom stereocenters. The van der Waals surface area contributed by atoms with Crippen molar-refractivity contribution in [2.75, 3.05) is 7.05 Å². The molecule has 0 aliphatic rings. The Hall–Kier alpha value is -1.58. The summed E-state index contributed by atoms with van der Waals surface area (Å²) in [5.41, 5.74) is 3.44. The first-order valence-corrected chi connectivity index (χ1v) is 7.45. The van der Waals surface area contributed by atoms with Gasteiger partial charge in [0.2, 0.25) is 0 Å². The summed E-state index contributed by atoms with van der Waals surface area (Å²) in [4.78, 5) is 0. The van der Waals surface area contributed by atoms with Gasteiger partial charge in [-0.05, 0) is 31.2 Å². The molecule has 3 rings (SSSR count). The summed E-state index contributed by atoms with van der Waals surface area (Å²) in [7, 11) is 1.99. The summed E-state index contributed by atoms with van der Waals surface area (Å²) in [6.07, 6.45) is 2.78. The molecule has 0 fully saturated rings. The van der Waals surface area contributed by atoms with Crippen molar-refractivity contribution in [1.29, 1.82) is 0 Å². The zero-order chi connectivity index (χ0) is 13.9. The number of likely N-dealkylation sites (N-methyl/N-ethyl adjacent to an activating group) is 1. The van der Waals surface area contributed by atoms with E-state index in [0.717, 1.165) is 16.5 Å². The summed E-state index contributed by atoms with van der Waals surface area (Å²) >= 11 is 3.62. The van der Waals surface area contributed by atoms with E-state index in [0.29, 0.717) is 0 Å². The van der Waals surface area contributed by atoms with Crippen molar-refractivity contribution in [3.8, 4) is 0 Å². The highest BCUT2D eigenvalue weighted by Gasteiger charge is 2.16. The molecule has 102 valence electrons. The van der Waals surface area contributed by atoms with Crippen molar-refractivity contribution < 1.29 is 4.42 Å². The van der Waals surface area contributed by atoms with E-state index in [1.807, 2.05) is 37.6 Å². The Morgan fingerprint density at radius 2 is 1.85 bits per heavy atom. The standard InChI is InChI=1S/C17H16BrNO/c1-19-16(10-12-6-2-4-8-15(12)18)14-11-20-17-9-5-3-7-13(14)17/h2-9,11,16,19H,10H2,1H3. The van der Waals surface area contributed by atoms with E-state index >= 15 is 0 Å². The zero-order valence-corrected chi connectivity index (χ0v) is 12.9. The zero-order valence-electron chi connectivity index (χ0n) is 11.3. The fourth-order valence-electron chi connectivity index (χ4n) is 2.52. The summed E-state index contributed by atoms with van der Waals surface area (Å²) in [5, 5.41) is 4.57. The lowest BCUT2D eigenvalue weighted by molar-refractivity contribution is 0.563. The van der Waals surface area contributed by atoms with Crippen LogP contribution in [0.3, 0.4) is 0 Å². The van der Waals surface area contributed by atoms with Gasteiger partial charge in [-0.1, -0.05) is 52.3 Å². The molecule has 0 saturated carbocycles. The van der Waals surface area contributed by atoms with Gasteiger partial charge in [-0.15, -0.1) is 0 Å². The quantitative estimate of drug-likeness (QED) is 0.750. The minimum absolute atomic E-state index is 0.234. The number of fused-ring (bicyclic) bond motifs is 1. The van der Waals surface area contributed by atoms with Gasteiger partial charge in [0.05, 0.1) is 6.26 Å². The predicted molar refractivity (Wildman–Crippen MR) is 85.9 cm³/mol. The minimum Gasteiger partial charge on any atom is -0.464 e. The maximum absolute atomic E-state index is 5.65. The van der Waals surface area contributed by atoms with Crippen molar-refractivity contribution >= 4 is 26.9 Å². The summed E-state index contributed by atoms with van der Waals surface area (Å²) in [6.45, 7) is 0. The van der Waals surface area contributed by atoms with Crippen LogP contribution in [0.25, 0.3) is 11.0 Å². The second kappa shape index (κ2) is 5.81. The number of nitrogens with one attached hydrogen (secondary N) is 1. The maximum atomic E-state index is 5.65. The van der Waals surface area contributed by atoms with E-state index in [-0.39, 0.29) is 6.04 Å². The van der Waals surface area contributed by atoms with Crippen LogP contribution in [0.15, 0.2) is 63.7 Å². The SMILES string of the molecule is CNC(Cc1ccccc1Br)c1coc2ccccc12. The molecule has 0 radical (unpaired) electrons. The van der Waals surface area contributed by atoms with Crippen LogP contribution < -0.4 is 5.32 Å². The molecule has 2 aromatic carbocycles. The lowest BCUT2D eigenvalue weighted by atomic mass is 9.98. The van der Waals surface area contributed by atoms with E-state index in [9.17, 15) is 0 Å². The number of halogens is 1. The van der Waals surface area contributed by atoms with Crippen LogP contribution >= 0.6 is 15.9 Å². The van der Waals surface area contributed by atoms with Crippen molar-refractivity contribution in [1.82, 2.24) is 5.32 Å². The molecule has 1 aromatic heterocycles. The lowest BCUT2D eigenvalue weighted by Gasteiger charge is -2.16. The Kier molecular flexibility index (Phi) is 3.90. The average Bonchev–Trinajstić information content (AvgIpc) is 2.90. The summed E-state index contributed by atoms with van der Waals surface area (Å²) in [5.74, 6) is 0. The second-order valence-corrected chi connectivity index (χ2v) is 5.68. The normalized spacial score (nSPS) is 12.7. The van der Waals surface area contributed by atoms with Crippen molar-refractivity contribution in [3.63, 3.8) is 0 Å². The van der Waals surface area contributed by atoms with Gasteiger partial charge < -0.3 is 9.73 Å². The summed E-state index contributed by atoms with van der Waals surface area (Å²) in [6, 6.07) is 16.7. The number of hydrogen-bond acceptors (Lipinski definition) is 2. The molecule has 2 nitrogen and oxygen atoms in total. The molecule has 0 aliphatic heterocycles. The second-order valence-electron chi connectivity index (χ2n) is 4.82. The van der Waals surface area contributed by atoms with Crippen LogP contribution in [0.1, 0.15) is 17.2 Å². The van der Waals surface area contributed by atoms with Crippen molar-refractivity contribution in [3.05, 3.63) is 70.4 Å². The Morgan fingerprint density at radius 1 is 1.10 bits per heavy atom. The molecule has 1 heterocycles. The molecule has 0 bridgehead atoms. The van der Waals surface area contributed by atoms with Gasteiger partial charge in [-0.25, -0.2) is 0 Å².